The predicted octanol–water partition coefficient (Wildman–Crippen LogP) is 6.89. The molecule has 9 rings (SSSR count). The van der Waals surface area contributed by atoms with E-state index in [1.54, 1.807) is 17.0 Å². The number of halogens is 2. The molecule has 5 aliphatic heterocycles. The number of benzene rings is 3. The molecule has 4 amide bonds. The highest BCUT2D eigenvalue weighted by atomic mass is 35.5. The first kappa shape index (κ1) is 38.6. The van der Waals surface area contributed by atoms with Crippen LogP contribution < -0.4 is 24.9 Å². The number of hydrogen-bond acceptors (Lipinski definition) is 8. The van der Waals surface area contributed by atoms with E-state index >= 15 is 4.39 Å². The molecule has 3 aromatic carbocycles. The molecule has 1 saturated carbocycles. The van der Waals surface area contributed by atoms with Crippen molar-refractivity contribution in [2.24, 2.45) is 10.8 Å². The fourth-order valence-corrected chi connectivity index (χ4v) is 11.1. The smallest absolute Gasteiger partial charge is 0.328 e. The van der Waals surface area contributed by atoms with Gasteiger partial charge in [-0.2, -0.15) is 5.26 Å². The van der Waals surface area contributed by atoms with Crippen LogP contribution >= 0.6 is 11.6 Å². The Morgan fingerprint density at radius 3 is 2.12 bits per heavy atom. The van der Waals surface area contributed by atoms with Crippen LogP contribution in [0.15, 0.2) is 60.7 Å². The molecule has 2 spiro atoms. The van der Waals surface area contributed by atoms with E-state index < -0.39 is 0 Å². The third-order valence-electron chi connectivity index (χ3n) is 14.4. The molecule has 1 atom stereocenters. The summed E-state index contributed by atoms with van der Waals surface area (Å²) in [5.74, 6) is -0.628. The number of imide groups is 1. The average molecular weight is 807 g/mol. The van der Waals surface area contributed by atoms with Crippen LogP contribution in [0.1, 0.15) is 74.2 Å². The number of hydrogen-bond donors (Lipinski definition) is 1. The number of rotatable bonds is 6. The summed E-state index contributed by atoms with van der Waals surface area (Å²) in [6.07, 6.45) is 7.64. The van der Waals surface area contributed by atoms with Crippen molar-refractivity contribution in [2.75, 3.05) is 85.0 Å². The van der Waals surface area contributed by atoms with Gasteiger partial charge in [-0.1, -0.05) is 11.6 Å². The van der Waals surface area contributed by atoms with Gasteiger partial charge in [-0.25, -0.2) is 9.18 Å². The molecule has 1 unspecified atom stereocenters. The summed E-state index contributed by atoms with van der Waals surface area (Å²) >= 11 is 6.37. The highest BCUT2D eigenvalue weighted by molar-refractivity contribution is 6.32. The van der Waals surface area contributed by atoms with E-state index in [2.05, 4.69) is 50.0 Å². The van der Waals surface area contributed by atoms with Crippen LogP contribution in [0.4, 0.5) is 31.9 Å². The van der Waals surface area contributed by atoms with Gasteiger partial charge in [0.05, 0.1) is 16.3 Å². The molecule has 1 aliphatic carbocycles. The monoisotopic (exact) mass is 806 g/mol. The molecule has 13 heteroatoms. The second kappa shape index (κ2) is 15.4. The largest absolute Gasteiger partial charge is 0.369 e. The fraction of sp³-hybridized carbons (Fsp3) is 0.511. The van der Waals surface area contributed by atoms with Gasteiger partial charge in [-0.15, -0.1) is 0 Å². The maximum Gasteiger partial charge on any atom is 0.328 e. The molecule has 0 radical (unpaired) electrons. The highest BCUT2D eigenvalue weighted by Crippen LogP contribution is 2.51. The molecule has 6 fully saturated rings. The van der Waals surface area contributed by atoms with Gasteiger partial charge in [-0.3, -0.25) is 24.7 Å². The first-order valence-corrected chi connectivity index (χ1v) is 21.4. The number of carbonyl (C=O) groups is 3. The van der Waals surface area contributed by atoms with E-state index in [9.17, 15) is 19.6 Å². The summed E-state index contributed by atoms with van der Waals surface area (Å²) in [5.41, 5.74) is 4.93. The molecule has 304 valence electrons. The van der Waals surface area contributed by atoms with Crippen LogP contribution in [0.25, 0.3) is 0 Å². The second-order valence-corrected chi connectivity index (χ2v) is 18.2. The number of piperidine rings is 2. The lowest BCUT2D eigenvalue weighted by Gasteiger charge is -2.56. The topological polar surface area (TPSA) is 106 Å². The Morgan fingerprint density at radius 1 is 0.793 bits per heavy atom. The molecule has 0 aromatic heterocycles. The van der Waals surface area contributed by atoms with Crippen molar-refractivity contribution in [1.29, 1.82) is 5.26 Å². The third kappa shape index (κ3) is 7.36. The molecular weight excluding hydrogens is 755 g/mol. The average Bonchev–Trinajstić information content (AvgIpc) is 3.55. The predicted molar refractivity (Wildman–Crippen MR) is 224 cm³/mol. The fourth-order valence-electron chi connectivity index (χ4n) is 10.9. The van der Waals surface area contributed by atoms with Crippen molar-refractivity contribution < 1.29 is 18.8 Å². The van der Waals surface area contributed by atoms with Gasteiger partial charge in [0.1, 0.15) is 11.9 Å². The molecule has 0 bridgehead atoms. The SMILES string of the molecule is CC1CC2(CCN(c3ccc(C(=O)N4CCC5(CC4)CC(N4CCN(c6ccc(N7CCC(=O)NC7=O)cc6)CC4)C5)cc3F)CC2)CN1c1ccc(C#N)c(Cl)c1. The lowest BCUT2D eigenvalue weighted by atomic mass is 9.60. The second-order valence-electron chi connectivity index (χ2n) is 17.8. The maximum atomic E-state index is 15.7. The van der Waals surface area contributed by atoms with E-state index in [0.717, 1.165) is 95.0 Å². The van der Waals surface area contributed by atoms with Crippen molar-refractivity contribution in [3.63, 3.8) is 0 Å². The zero-order valence-corrected chi connectivity index (χ0v) is 34.0. The number of urea groups is 1. The third-order valence-corrected chi connectivity index (χ3v) is 14.7. The van der Waals surface area contributed by atoms with E-state index in [-0.39, 0.29) is 29.1 Å². The Kier molecular flexibility index (Phi) is 10.3. The quantitative estimate of drug-likeness (QED) is 0.287. The van der Waals surface area contributed by atoms with Gasteiger partial charge in [0.15, 0.2) is 0 Å². The van der Waals surface area contributed by atoms with Crippen LogP contribution in [0, 0.1) is 28.0 Å². The van der Waals surface area contributed by atoms with Crippen molar-refractivity contribution in [2.45, 2.75) is 70.4 Å². The van der Waals surface area contributed by atoms with Crippen molar-refractivity contribution >= 4 is 52.2 Å². The van der Waals surface area contributed by atoms with Crippen LogP contribution in [-0.4, -0.2) is 105 Å². The molecule has 1 N–H and O–H groups in total. The normalized spacial score (nSPS) is 23.6. The summed E-state index contributed by atoms with van der Waals surface area (Å²) in [7, 11) is 0. The minimum Gasteiger partial charge on any atom is -0.369 e. The van der Waals surface area contributed by atoms with Gasteiger partial charge in [-0.05, 0) is 123 Å². The molecule has 6 aliphatic rings. The van der Waals surface area contributed by atoms with Crippen LogP contribution in [-0.2, 0) is 4.79 Å². The summed E-state index contributed by atoms with van der Waals surface area (Å²) in [5, 5.41) is 12.2. The highest BCUT2D eigenvalue weighted by Gasteiger charge is 2.49. The number of piperazine rings is 1. The molecule has 5 saturated heterocycles. The number of nitrogens with zero attached hydrogens (tertiary/aromatic N) is 7. The number of likely N-dealkylation sites (tertiary alicyclic amines) is 1. The number of nitriles is 1. The van der Waals surface area contributed by atoms with Crippen molar-refractivity contribution in [3.8, 4) is 6.07 Å². The number of amides is 4. The van der Waals surface area contributed by atoms with Gasteiger partial charge in [0.2, 0.25) is 5.91 Å². The summed E-state index contributed by atoms with van der Waals surface area (Å²) in [6, 6.07) is 21.5. The molecule has 3 aromatic rings. The van der Waals surface area contributed by atoms with E-state index in [4.69, 9.17) is 11.6 Å². The van der Waals surface area contributed by atoms with Crippen LogP contribution in [0.5, 0.6) is 0 Å². The summed E-state index contributed by atoms with van der Waals surface area (Å²) < 4.78 is 15.7. The lowest BCUT2D eigenvalue weighted by Crippen LogP contribution is -2.59. The first-order chi connectivity index (χ1) is 28.0. The number of carbonyl (C=O) groups excluding carboxylic acids is 3. The molecular formula is C45H52ClFN8O3. The van der Waals surface area contributed by atoms with Gasteiger partial charge < -0.3 is 19.6 Å². The van der Waals surface area contributed by atoms with Gasteiger partial charge >= 0.3 is 6.03 Å². The zero-order chi connectivity index (χ0) is 40.2. The Balaban J connectivity index is 0.722. The molecule has 5 heterocycles. The minimum absolute atomic E-state index is 0.0739. The Labute approximate surface area is 345 Å². The van der Waals surface area contributed by atoms with Crippen LogP contribution in [0.3, 0.4) is 0 Å². The Hall–Kier alpha value is -4.86. The van der Waals surface area contributed by atoms with Gasteiger partial charge in [0.25, 0.3) is 5.91 Å². The number of nitrogens with one attached hydrogen (secondary N) is 1. The minimum atomic E-state index is -0.363. The van der Waals surface area contributed by atoms with Crippen molar-refractivity contribution in [1.82, 2.24) is 15.1 Å². The first-order valence-electron chi connectivity index (χ1n) is 21.0. The van der Waals surface area contributed by atoms with Gasteiger partial charge in [0, 0.05) is 107 Å². The van der Waals surface area contributed by atoms with Crippen LogP contribution in [0.2, 0.25) is 5.02 Å². The molecule has 11 nitrogen and oxygen atoms in total. The van der Waals surface area contributed by atoms with E-state index in [0.29, 0.717) is 65.4 Å². The van der Waals surface area contributed by atoms with E-state index in [1.807, 2.05) is 35.2 Å². The summed E-state index contributed by atoms with van der Waals surface area (Å²) in [6.45, 7) is 10.5. The standard InChI is InChI=1S/C45H52ClFN8O3/c1-31-26-45(30-55(31)36-4-2-33(29-48)38(46)25-36)13-16-52(17-14-45)40-9-3-32(24-39(40)47)42(57)53-18-11-44(12-19-53)27-37(28-44)51-22-20-50(21-23-51)34-5-7-35(8-6-34)54-15-10-41(56)49-43(54)58/h2-9,24-25,31,37H,10-23,26-28,30H2,1H3,(H,49,56,58). The zero-order valence-electron chi connectivity index (χ0n) is 33.3. The Bertz CT molecular complexity index is 2110. The maximum absolute atomic E-state index is 15.7. The Morgan fingerprint density at radius 2 is 1.47 bits per heavy atom. The van der Waals surface area contributed by atoms with Crippen molar-refractivity contribution in [3.05, 3.63) is 82.6 Å². The summed E-state index contributed by atoms with van der Waals surface area (Å²) in [4.78, 5) is 50.5. The molecule has 58 heavy (non-hydrogen) atoms. The number of anilines is 4. The van der Waals surface area contributed by atoms with E-state index in [1.165, 1.54) is 18.9 Å². The lowest BCUT2D eigenvalue weighted by molar-refractivity contribution is -0.120.